The molecule has 22 heavy (non-hydrogen) atoms. The number of nitrogens with zero attached hydrogens (tertiary/aromatic N) is 3. The summed E-state index contributed by atoms with van der Waals surface area (Å²) in [6.45, 7) is 0.624. The van der Waals surface area contributed by atoms with Gasteiger partial charge in [-0.25, -0.2) is 9.59 Å². The summed E-state index contributed by atoms with van der Waals surface area (Å²) >= 11 is 0. The molecule has 9 heteroatoms. The van der Waals surface area contributed by atoms with Crippen LogP contribution in [0, 0.1) is 10.1 Å². The van der Waals surface area contributed by atoms with Crippen molar-refractivity contribution in [1.29, 1.82) is 0 Å². The van der Waals surface area contributed by atoms with Gasteiger partial charge in [-0.05, 0) is 12.1 Å². The minimum absolute atomic E-state index is 0.0995. The molecule has 0 aliphatic carbocycles. The van der Waals surface area contributed by atoms with Crippen molar-refractivity contribution >= 4 is 17.9 Å². The van der Waals surface area contributed by atoms with E-state index in [2.05, 4.69) is 0 Å². The highest BCUT2D eigenvalue weighted by Crippen LogP contribution is 2.19. The van der Waals surface area contributed by atoms with Gasteiger partial charge in [0.05, 0.1) is 18.0 Å². The number of rotatable bonds is 3. The standard InChI is InChI=1S/C13H15N3O6/c1-14(2)12(17)15-7-11(8-15)22-13(18)21-10-5-3-9(4-6-10)16(19)20/h3-6,11H,7-8H2,1-2H3. The van der Waals surface area contributed by atoms with Gasteiger partial charge in [0, 0.05) is 26.2 Å². The number of ether oxygens (including phenoxy) is 2. The number of hydrogen-bond acceptors (Lipinski definition) is 6. The molecule has 0 aromatic heterocycles. The maximum absolute atomic E-state index is 11.6. The lowest BCUT2D eigenvalue weighted by Crippen LogP contribution is -2.58. The van der Waals surface area contributed by atoms with Gasteiger partial charge < -0.3 is 19.3 Å². The molecular weight excluding hydrogens is 294 g/mol. The van der Waals surface area contributed by atoms with Crippen molar-refractivity contribution in [3.8, 4) is 5.75 Å². The number of likely N-dealkylation sites (tertiary alicyclic amines) is 1. The van der Waals surface area contributed by atoms with E-state index >= 15 is 0 Å². The Kier molecular flexibility index (Phi) is 4.44. The molecule has 1 heterocycles. The van der Waals surface area contributed by atoms with E-state index in [1.165, 1.54) is 34.1 Å². The van der Waals surface area contributed by atoms with E-state index in [9.17, 15) is 19.7 Å². The van der Waals surface area contributed by atoms with Crippen LogP contribution in [0.1, 0.15) is 0 Å². The first-order valence-electron chi connectivity index (χ1n) is 6.46. The van der Waals surface area contributed by atoms with Crippen molar-refractivity contribution < 1.29 is 24.0 Å². The Morgan fingerprint density at radius 3 is 2.36 bits per heavy atom. The minimum atomic E-state index is -0.907. The van der Waals surface area contributed by atoms with Crippen LogP contribution >= 0.6 is 0 Å². The molecular formula is C13H15N3O6. The summed E-state index contributed by atoms with van der Waals surface area (Å²) in [6.07, 6.45) is -1.31. The number of nitro groups is 1. The maximum Gasteiger partial charge on any atom is 0.514 e. The van der Waals surface area contributed by atoms with Crippen molar-refractivity contribution in [2.75, 3.05) is 27.2 Å². The summed E-state index contributed by atoms with van der Waals surface area (Å²) in [5.41, 5.74) is -0.0995. The van der Waals surface area contributed by atoms with Gasteiger partial charge >= 0.3 is 12.2 Å². The summed E-state index contributed by atoms with van der Waals surface area (Å²) in [6, 6.07) is 4.92. The molecule has 1 aromatic rings. The SMILES string of the molecule is CN(C)C(=O)N1CC(OC(=O)Oc2ccc([N+](=O)[O-])cc2)C1. The lowest BCUT2D eigenvalue weighted by atomic mass is 10.2. The molecule has 1 aliphatic rings. The number of nitro benzene ring substituents is 1. The third-order valence-corrected chi connectivity index (χ3v) is 3.01. The average Bonchev–Trinajstić information content (AvgIpc) is 2.42. The highest BCUT2D eigenvalue weighted by atomic mass is 16.7. The summed E-state index contributed by atoms with van der Waals surface area (Å²) in [4.78, 5) is 36.0. The minimum Gasteiger partial charge on any atom is -0.427 e. The first-order chi connectivity index (χ1) is 10.4. The average molecular weight is 309 g/mol. The third kappa shape index (κ3) is 3.62. The Labute approximate surface area is 126 Å². The molecule has 1 aromatic carbocycles. The van der Waals surface area contributed by atoms with Crippen LogP contribution in [0.25, 0.3) is 0 Å². The van der Waals surface area contributed by atoms with E-state index in [-0.39, 0.29) is 17.5 Å². The summed E-state index contributed by atoms with van der Waals surface area (Å²) < 4.78 is 9.92. The van der Waals surface area contributed by atoms with E-state index in [1.807, 2.05) is 0 Å². The number of amides is 2. The Morgan fingerprint density at radius 1 is 1.27 bits per heavy atom. The third-order valence-electron chi connectivity index (χ3n) is 3.01. The van der Waals surface area contributed by atoms with Crippen LogP contribution < -0.4 is 4.74 Å². The fourth-order valence-corrected chi connectivity index (χ4v) is 1.84. The molecule has 0 spiro atoms. The zero-order chi connectivity index (χ0) is 16.3. The lowest BCUT2D eigenvalue weighted by molar-refractivity contribution is -0.384. The van der Waals surface area contributed by atoms with Crippen molar-refractivity contribution in [2.24, 2.45) is 0 Å². The van der Waals surface area contributed by atoms with Gasteiger partial charge in [-0.2, -0.15) is 0 Å². The van der Waals surface area contributed by atoms with E-state index in [0.717, 1.165) is 0 Å². The van der Waals surface area contributed by atoms with Gasteiger partial charge in [0.1, 0.15) is 11.9 Å². The Morgan fingerprint density at radius 2 is 1.86 bits per heavy atom. The van der Waals surface area contributed by atoms with Gasteiger partial charge in [0.25, 0.3) is 5.69 Å². The summed E-state index contributed by atoms with van der Waals surface area (Å²) in [5, 5.41) is 10.5. The van der Waals surface area contributed by atoms with Crippen LogP contribution in [0.4, 0.5) is 15.3 Å². The molecule has 1 saturated heterocycles. The van der Waals surface area contributed by atoms with Crippen molar-refractivity contribution in [3.63, 3.8) is 0 Å². The predicted octanol–water partition coefficient (Wildman–Crippen LogP) is 1.48. The second kappa shape index (κ2) is 6.29. The molecule has 1 aliphatic heterocycles. The van der Waals surface area contributed by atoms with Gasteiger partial charge in [-0.3, -0.25) is 10.1 Å². The van der Waals surface area contributed by atoms with Crippen LogP contribution in [0.3, 0.4) is 0 Å². The lowest BCUT2D eigenvalue weighted by Gasteiger charge is -2.39. The topological polar surface area (TPSA) is 102 Å². The van der Waals surface area contributed by atoms with Gasteiger partial charge in [0.2, 0.25) is 0 Å². The molecule has 2 amide bonds. The van der Waals surface area contributed by atoms with Crippen molar-refractivity contribution in [1.82, 2.24) is 9.80 Å². The van der Waals surface area contributed by atoms with E-state index in [4.69, 9.17) is 9.47 Å². The first-order valence-corrected chi connectivity index (χ1v) is 6.46. The van der Waals surface area contributed by atoms with E-state index in [1.54, 1.807) is 14.1 Å². The molecule has 0 bridgehead atoms. The van der Waals surface area contributed by atoms with E-state index < -0.39 is 17.2 Å². The largest absolute Gasteiger partial charge is 0.514 e. The number of hydrogen-bond donors (Lipinski definition) is 0. The molecule has 0 unspecified atom stereocenters. The number of non-ortho nitro benzene ring substituents is 1. The van der Waals surface area contributed by atoms with Gasteiger partial charge in [-0.1, -0.05) is 0 Å². The number of urea groups is 1. The zero-order valence-electron chi connectivity index (χ0n) is 12.1. The van der Waals surface area contributed by atoms with Crippen LogP contribution in [0.2, 0.25) is 0 Å². The number of benzene rings is 1. The highest BCUT2D eigenvalue weighted by Gasteiger charge is 2.34. The van der Waals surface area contributed by atoms with Crippen LogP contribution in [0.15, 0.2) is 24.3 Å². The van der Waals surface area contributed by atoms with Gasteiger partial charge in [-0.15, -0.1) is 0 Å². The fraction of sp³-hybridized carbons (Fsp3) is 0.385. The molecule has 118 valence electrons. The summed E-state index contributed by atoms with van der Waals surface area (Å²) in [7, 11) is 3.28. The van der Waals surface area contributed by atoms with Gasteiger partial charge in [0.15, 0.2) is 0 Å². The normalized spacial score (nSPS) is 14.0. The molecule has 1 fully saturated rings. The summed E-state index contributed by atoms with van der Waals surface area (Å²) in [5.74, 6) is 0.149. The second-order valence-corrected chi connectivity index (χ2v) is 4.92. The molecule has 0 radical (unpaired) electrons. The second-order valence-electron chi connectivity index (χ2n) is 4.92. The molecule has 2 rings (SSSR count). The van der Waals surface area contributed by atoms with Crippen LogP contribution in [-0.2, 0) is 4.74 Å². The molecule has 0 saturated carbocycles. The molecule has 9 nitrogen and oxygen atoms in total. The fourth-order valence-electron chi connectivity index (χ4n) is 1.84. The number of carbonyl (C=O) groups is 2. The highest BCUT2D eigenvalue weighted by molar-refractivity contribution is 5.75. The smallest absolute Gasteiger partial charge is 0.427 e. The molecule has 0 atom stereocenters. The Hall–Kier alpha value is -2.84. The number of carbonyl (C=O) groups excluding carboxylic acids is 2. The monoisotopic (exact) mass is 309 g/mol. The van der Waals surface area contributed by atoms with Crippen LogP contribution in [-0.4, -0.2) is 60.2 Å². The quantitative estimate of drug-likeness (QED) is 0.362. The first kappa shape index (κ1) is 15.5. The van der Waals surface area contributed by atoms with Crippen molar-refractivity contribution in [3.05, 3.63) is 34.4 Å². The zero-order valence-corrected chi connectivity index (χ0v) is 12.1. The van der Waals surface area contributed by atoms with Crippen LogP contribution in [0.5, 0.6) is 5.75 Å². The maximum atomic E-state index is 11.6. The Bertz CT molecular complexity index is 580. The molecule has 0 N–H and O–H groups in total. The predicted molar refractivity (Wildman–Crippen MR) is 74.6 cm³/mol. The Balaban J connectivity index is 1.77. The van der Waals surface area contributed by atoms with Crippen molar-refractivity contribution in [2.45, 2.75) is 6.10 Å². The van der Waals surface area contributed by atoms with E-state index in [0.29, 0.717) is 13.1 Å².